The number of aryl methyl sites for hydroxylation is 2. The van der Waals surface area contributed by atoms with Crippen LogP contribution in [0.2, 0.25) is 5.02 Å². The second-order valence-corrected chi connectivity index (χ2v) is 5.37. The Hall–Kier alpha value is -1.58. The smallest absolute Gasteiger partial charge is 0.106 e. The van der Waals surface area contributed by atoms with Crippen LogP contribution >= 0.6 is 23.8 Å². The molecule has 0 radical (unpaired) electrons. The van der Waals surface area contributed by atoms with E-state index >= 15 is 0 Å². The molecule has 2 aromatic rings. The lowest BCUT2D eigenvalue weighted by Gasteiger charge is -2.14. The van der Waals surface area contributed by atoms with E-state index in [0.29, 0.717) is 4.99 Å². The maximum absolute atomic E-state index is 5.95. The summed E-state index contributed by atoms with van der Waals surface area (Å²) in [5, 5.41) is 4.07. The van der Waals surface area contributed by atoms with Crippen molar-refractivity contribution in [2.45, 2.75) is 13.8 Å². The molecule has 2 nitrogen and oxygen atoms in total. The van der Waals surface area contributed by atoms with Crippen LogP contribution in [0.15, 0.2) is 36.4 Å². The molecule has 19 heavy (non-hydrogen) atoms. The van der Waals surface area contributed by atoms with Crippen LogP contribution in [0.3, 0.4) is 0 Å². The van der Waals surface area contributed by atoms with E-state index in [9.17, 15) is 0 Å². The van der Waals surface area contributed by atoms with Crippen molar-refractivity contribution >= 4 is 40.2 Å². The first kappa shape index (κ1) is 13.8. The van der Waals surface area contributed by atoms with Gasteiger partial charge in [-0.25, -0.2) is 0 Å². The number of anilines is 2. The summed E-state index contributed by atoms with van der Waals surface area (Å²) in [6.07, 6.45) is 0. The van der Waals surface area contributed by atoms with Crippen molar-refractivity contribution in [3.05, 3.63) is 58.1 Å². The lowest BCUT2D eigenvalue weighted by molar-refractivity contribution is 1.40. The second kappa shape index (κ2) is 5.59. The summed E-state index contributed by atoms with van der Waals surface area (Å²) in [7, 11) is 0. The Morgan fingerprint density at radius 2 is 1.79 bits per heavy atom. The van der Waals surface area contributed by atoms with Crippen molar-refractivity contribution in [2.24, 2.45) is 5.73 Å². The number of nitrogens with one attached hydrogen (secondary N) is 1. The summed E-state index contributed by atoms with van der Waals surface area (Å²) in [6.45, 7) is 4.02. The quantitative estimate of drug-likeness (QED) is 0.826. The summed E-state index contributed by atoms with van der Waals surface area (Å²) >= 11 is 11.0. The molecule has 0 atom stereocenters. The van der Waals surface area contributed by atoms with Crippen molar-refractivity contribution in [2.75, 3.05) is 5.32 Å². The number of hydrogen-bond donors (Lipinski definition) is 2. The lowest BCUT2D eigenvalue weighted by atomic mass is 10.1. The highest BCUT2D eigenvalue weighted by atomic mass is 35.5. The van der Waals surface area contributed by atoms with Crippen molar-refractivity contribution in [1.82, 2.24) is 0 Å². The summed E-state index contributed by atoms with van der Waals surface area (Å²) in [4.78, 5) is 0.387. The van der Waals surface area contributed by atoms with Crippen molar-refractivity contribution in [3.8, 4) is 0 Å². The average Bonchev–Trinajstić information content (AvgIpc) is 2.34. The largest absolute Gasteiger partial charge is 0.389 e. The highest BCUT2D eigenvalue weighted by Crippen LogP contribution is 2.26. The molecule has 98 valence electrons. The minimum atomic E-state index is 0.387. The molecule has 0 bridgehead atoms. The SMILES string of the molecule is Cc1ccc(Nc2ccc(Cl)cc2C)c(C(N)=S)c1. The van der Waals surface area contributed by atoms with Gasteiger partial charge in [-0.05, 0) is 49.7 Å². The lowest BCUT2D eigenvalue weighted by Crippen LogP contribution is -2.12. The van der Waals surface area contributed by atoms with E-state index in [0.717, 1.165) is 33.1 Å². The molecule has 0 aromatic heterocycles. The Morgan fingerprint density at radius 3 is 2.42 bits per heavy atom. The van der Waals surface area contributed by atoms with Gasteiger partial charge in [0.2, 0.25) is 0 Å². The number of thiocarbonyl (C=S) groups is 1. The first-order valence-electron chi connectivity index (χ1n) is 5.91. The molecule has 0 aliphatic rings. The van der Waals surface area contributed by atoms with Gasteiger partial charge in [-0.3, -0.25) is 0 Å². The van der Waals surface area contributed by atoms with Crippen molar-refractivity contribution in [3.63, 3.8) is 0 Å². The molecular formula is C15H15ClN2S. The van der Waals surface area contributed by atoms with E-state index in [1.807, 2.05) is 50.2 Å². The van der Waals surface area contributed by atoms with Crippen LogP contribution in [0.1, 0.15) is 16.7 Å². The molecule has 0 unspecified atom stereocenters. The van der Waals surface area contributed by atoms with Crippen LogP contribution in [0, 0.1) is 13.8 Å². The molecule has 3 N–H and O–H groups in total. The highest BCUT2D eigenvalue weighted by Gasteiger charge is 2.07. The molecule has 2 aromatic carbocycles. The fraction of sp³-hybridized carbons (Fsp3) is 0.133. The molecule has 2 rings (SSSR count). The molecule has 0 saturated carbocycles. The first-order valence-corrected chi connectivity index (χ1v) is 6.69. The Kier molecular flexibility index (Phi) is 4.08. The van der Waals surface area contributed by atoms with Crippen LogP contribution in [-0.2, 0) is 0 Å². The Labute approximate surface area is 123 Å². The van der Waals surface area contributed by atoms with Crippen LogP contribution in [0.4, 0.5) is 11.4 Å². The number of halogens is 1. The summed E-state index contributed by atoms with van der Waals surface area (Å²) in [5.74, 6) is 0. The van der Waals surface area contributed by atoms with E-state index in [1.54, 1.807) is 0 Å². The number of rotatable bonds is 3. The van der Waals surface area contributed by atoms with Gasteiger partial charge in [0, 0.05) is 22.0 Å². The van der Waals surface area contributed by atoms with Gasteiger partial charge in [-0.2, -0.15) is 0 Å². The van der Waals surface area contributed by atoms with E-state index in [-0.39, 0.29) is 0 Å². The van der Waals surface area contributed by atoms with Crippen LogP contribution in [-0.4, -0.2) is 4.99 Å². The zero-order valence-electron chi connectivity index (χ0n) is 10.8. The van der Waals surface area contributed by atoms with Gasteiger partial charge in [0.05, 0.1) is 0 Å². The maximum Gasteiger partial charge on any atom is 0.106 e. The van der Waals surface area contributed by atoms with Gasteiger partial charge < -0.3 is 11.1 Å². The molecule has 0 saturated heterocycles. The van der Waals surface area contributed by atoms with Crippen molar-refractivity contribution < 1.29 is 0 Å². The van der Waals surface area contributed by atoms with Crippen LogP contribution < -0.4 is 11.1 Å². The Bertz CT molecular complexity index is 638. The van der Waals surface area contributed by atoms with E-state index in [1.165, 1.54) is 0 Å². The standard InChI is InChI=1S/C15H15ClN2S/c1-9-3-5-14(12(7-9)15(17)19)18-13-6-4-11(16)8-10(13)2/h3-8,18H,1-2H3,(H2,17,19). The van der Waals surface area contributed by atoms with Gasteiger partial charge in [-0.1, -0.05) is 35.4 Å². The monoisotopic (exact) mass is 290 g/mol. The topological polar surface area (TPSA) is 38.0 Å². The Balaban J connectivity index is 2.40. The molecule has 0 aliphatic heterocycles. The molecule has 0 fully saturated rings. The number of nitrogens with two attached hydrogens (primary N) is 1. The molecule has 0 amide bonds. The number of benzene rings is 2. The Morgan fingerprint density at radius 1 is 1.11 bits per heavy atom. The zero-order valence-corrected chi connectivity index (χ0v) is 12.4. The number of hydrogen-bond acceptors (Lipinski definition) is 2. The van der Waals surface area contributed by atoms with Gasteiger partial charge in [0.1, 0.15) is 4.99 Å². The van der Waals surface area contributed by atoms with E-state index in [4.69, 9.17) is 29.6 Å². The molecule has 0 aliphatic carbocycles. The molecule has 0 heterocycles. The minimum Gasteiger partial charge on any atom is -0.389 e. The van der Waals surface area contributed by atoms with E-state index in [2.05, 4.69) is 5.32 Å². The average molecular weight is 291 g/mol. The fourth-order valence-corrected chi connectivity index (χ4v) is 2.28. The van der Waals surface area contributed by atoms with Gasteiger partial charge in [0.25, 0.3) is 0 Å². The third-order valence-corrected chi connectivity index (χ3v) is 3.35. The molecule has 4 heteroatoms. The summed E-state index contributed by atoms with van der Waals surface area (Å²) in [6, 6.07) is 11.7. The molecular weight excluding hydrogens is 276 g/mol. The molecule has 0 spiro atoms. The van der Waals surface area contributed by atoms with Gasteiger partial charge in [0.15, 0.2) is 0 Å². The maximum atomic E-state index is 5.95. The van der Waals surface area contributed by atoms with Gasteiger partial charge >= 0.3 is 0 Å². The summed E-state index contributed by atoms with van der Waals surface area (Å²) in [5.41, 5.74) is 10.7. The minimum absolute atomic E-state index is 0.387. The normalized spacial score (nSPS) is 10.3. The van der Waals surface area contributed by atoms with Crippen LogP contribution in [0.5, 0.6) is 0 Å². The predicted molar refractivity (Wildman–Crippen MR) is 86.5 cm³/mol. The predicted octanol–water partition coefficient (Wildman–Crippen LogP) is 4.33. The van der Waals surface area contributed by atoms with Gasteiger partial charge in [-0.15, -0.1) is 0 Å². The van der Waals surface area contributed by atoms with Crippen molar-refractivity contribution in [1.29, 1.82) is 0 Å². The first-order chi connectivity index (χ1) is 8.97. The summed E-state index contributed by atoms with van der Waals surface area (Å²) < 4.78 is 0. The van der Waals surface area contributed by atoms with E-state index < -0.39 is 0 Å². The fourth-order valence-electron chi connectivity index (χ4n) is 1.88. The zero-order chi connectivity index (χ0) is 14.0. The highest BCUT2D eigenvalue weighted by molar-refractivity contribution is 7.80. The third kappa shape index (κ3) is 3.25. The van der Waals surface area contributed by atoms with Crippen LogP contribution in [0.25, 0.3) is 0 Å². The second-order valence-electron chi connectivity index (χ2n) is 4.50. The third-order valence-electron chi connectivity index (χ3n) is 2.90.